The zero-order valence-corrected chi connectivity index (χ0v) is 34.9. The molecule has 0 radical (unpaired) electrons. The first-order valence-electron chi connectivity index (χ1n) is 20.7. The highest BCUT2D eigenvalue weighted by molar-refractivity contribution is 6.33. The maximum absolute atomic E-state index is 13.2. The van der Waals surface area contributed by atoms with Gasteiger partial charge in [-0.3, -0.25) is 38.6 Å². The minimum atomic E-state index is -0.426. The van der Waals surface area contributed by atoms with Crippen LogP contribution in [0.15, 0.2) is 47.5 Å². The van der Waals surface area contributed by atoms with Crippen molar-refractivity contribution in [3.8, 4) is 5.75 Å². The van der Waals surface area contributed by atoms with Gasteiger partial charge in [0.2, 0.25) is 17.8 Å². The number of para-hydroxylation sites is 1. The van der Waals surface area contributed by atoms with Crippen LogP contribution in [-0.2, 0) is 21.4 Å². The average molecular weight is 837 g/mol. The number of anilines is 4. The standard InChI is InChI=1S/C42H49ClN12O5/c1-23(2)55-39-25(15-33(41(55)59)60-22-35(57)44-3)14-26(17-45-39)47-38-31(43)18-46-42(49-38)52-12-10-24(11-13-52)19-53-20-28-16-27(53)21-54(28)32-7-5-6-29-36(50-51(4)37(29)32)30-8-9-34(56)48-40(30)58/h5-7,14-15,17-18,23-24,27-28,30H,8-13,16,19-22H2,1-4H3,(H,44,57)(H,46,47,49)(H,48,56,58). The van der Waals surface area contributed by atoms with Crippen LogP contribution in [-0.4, -0.2) is 110 Å². The van der Waals surface area contributed by atoms with Crippen LogP contribution in [0.2, 0.25) is 5.02 Å². The van der Waals surface area contributed by atoms with E-state index < -0.39 is 5.92 Å². The third-order valence-corrected chi connectivity index (χ3v) is 12.8. The lowest BCUT2D eigenvalue weighted by atomic mass is 9.92. The first-order chi connectivity index (χ1) is 28.9. The maximum Gasteiger partial charge on any atom is 0.294 e. The molecule has 4 aromatic heterocycles. The molecule has 3 unspecified atom stereocenters. The monoisotopic (exact) mass is 836 g/mol. The minimum absolute atomic E-state index is 0.0609. The van der Waals surface area contributed by atoms with Crippen molar-refractivity contribution in [1.82, 2.24) is 44.8 Å². The number of nitrogens with zero attached hydrogens (tertiary/aromatic N) is 9. The number of nitrogens with one attached hydrogen (secondary N) is 3. The predicted molar refractivity (Wildman–Crippen MR) is 228 cm³/mol. The summed E-state index contributed by atoms with van der Waals surface area (Å²) in [5.41, 5.74) is 3.70. The molecule has 2 bridgehead atoms. The van der Waals surface area contributed by atoms with Crippen molar-refractivity contribution in [1.29, 1.82) is 0 Å². The third kappa shape index (κ3) is 7.37. The number of aromatic nitrogens is 6. The SMILES string of the molecule is CNC(=O)COc1cc2cc(Nc3nc(N4CCC(CN5CC6CC5CN6c5cccc6c(C7CCC(=O)NC7=O)nn(C)c56)CC4)ncc3Cl)cnc2n(C(C)C)c1=O. The first kappa shape index (κ1) is 39.6. The fraction of sp³-hybridized carbons (Fsp3) is 0.476. The summed E-state index contributed by atoms with van der Waals surface area (Å²) in [5.74, 6) is 0.426. The third-order valence-electron chi connectivity index (χ3n) is 12.5. The van der Waals surface area contributed by atoms with E-state index in [4.69, 9.17) is 26.4 Å². The van der Waals surface area contributed by atoms with Crippen LogP contribution in [0.5, 0.6) is 5.75 Å². The summed E-state index contributed by atoms with van der Waals surface area (Å²) in [4.78, 5) is 71.1. The smallest absolute Gasteiger partial charge is 0.294 e. The van der Waals surface area contributed by atoms with Crippen molar-refractivity contribution in [2.75, 3.05) is 61.5 Å². The molecule has 18 heteroatoms. The Kier molecular flexibility index (Phi) is 10.6. The summed E-state index contributed by atoms with van der Waals surface area (Å²) in [7, 11) is 3.46. The molecule has 4 aliphatic rings. The molecule has 0 spiro atoms. The highest BCUT2D eigenvalue weighted by atomic mass is 35.5. The van der Waals surface area contributed by atoms with Gasteiger partial charge in [-0.25, -0.2) is 9.97 Å². The van der Waals surface area contributed by atoms with E-state index >= 15 is 0 Å². The number of likely N-dealkylation sites (N-methyl/N-ethyl adjacent to an activating group) is 1. The van der Waals surface area contributed by atoms with E-state index in [1.54, 1.807) is 23.0 Å². The van der Waals surface area contributed by atoms with Gasteiger partial charge in [0.05, 0.1) is 40.9 Å². The zero-order chi connectivity index (χ0) is 41.8. The van der Waals surface area contributed by atoms with E-state index in [9.17, 15) is 19.2 Å². The van der Waals surface area contributed by atoms with Crippen molar-refractivity contribution in [3.05, 3.63) is 63.8 Å². The summed E-state index contributed by atoms with van der Waals surface area (Å²) >= 11 is 6.61. The number of ether oxygens (including phenoxy) is 1. The van der Waals surface area contributed by atoms with Crippen molar-refractivity contribution in [2.45, 2.75) is 70.0 Å². The summed E-state index contributed by atoms with van der Waals surface area (Å²) in [6.45, 7) is 8.19. The van der Waals surface area contributed by atoms with Gasteiger partial charge in [0.25, 0.3) is 11.5 Å². The quantitative estimate of drug-likeness (QED) is 0.163. The largest absolute Gasteiger partial charge is 0.478 e. The Morgan fingerprint density at radius 3 is 2.60 bits per heavy atom. The van der Waals surface area contributed by atoms with Gasteiger partial charge in [0.15, 0.2) is 18.2 Å². The fourth-order valence-corrected chi connectivity index (χ4v) is 9.64. The molecular weight excluding hydrogens is 788 g/mol. The van der Waals surface area contributed by atoms with Gasteiger partial charge in [0, 0.05) is 82.1 Å². The number of fused-ring (bicyclic) bond motifs is 4. The van der Waals surface area contributed by atoms with Crippen molar-refractivity contribution >= 4 is 74.4 Å². The molecule has 1 aromatic carbocycles. The predicted octanol–water partition coefficient (Wildman–Crippen LogP) is 3.88. The summed E-state index contributed by atoms with van der Waals surface area (Å²) < 4.78 is 9.05. The second-order valence-corrected chi connectivity index (χ2v) is 17.0. The zero-order valence-electron chi connectivity index (χ0n) is 34.2. The Hall–Kier alpha value is -5.81. The number of aryl methyl sites for hydroxylation is 1. The van der Waals surface area contributed by atoms with Gasteiger partial charge in [-0.15, -0.1) is 0 Å². The van der Waals surface area contributed by atoms with Crippen LogP contribution in [0, 0.1) is 5.92 Å². The Balaban J connectivity index is 0.829. The number of hydrogen-bond donors (Lipinski definition) is 3. The molecule has 4 saturated heterocycles. The van der Waals surface area contributed by atoms with Gasteiger partial charge in [-0.2, -0.15) is 10.1 Å². The Bertz CT molecular complexity index is 2570. The number of benzene rings is 1. The number of piperidine rings is 2. The Morgan fingerprint density at radius 2 is 1.87 bits per heavy atom. The van der Waals surface area contributed by atoms with Gasteiger partial charge >= 0.3 is 0 Å². The number of carbonyl (C=O) groups is 3. The number of carbonyl (C=O) groups excluding carboxylic acids is 3. The molecule has 0 aliphatic carbocycles. The number of likely N-dealkylation sites (tertiary alicyclic amines) is 1. The second-order valence-electron chi connectivity index (χ2n) is 16.6. The molecule has 5 aromatic rings. The lowest BCUT2D eigenvalue weighted by Crippen LogP contribution is -2.49. The average Bonchev–Trinajstić information content (AvgIpc) is 3.94. The molecular formula is C42H49ClN12O5. The maximum atomic E-state index is 13.2. The Morgan fingerprint density at radius 1 is 1.05 bits per heavy atom. The second kappa shape index (κ2) is 16.0. The molecule has 4 fully saturated rings. The lowest BCUT2D eigenvalue weighted by molar-refractivity contribution is -0.134. The molecule has 3 N–H and O–H groups in total. The number of halogens is 1. The van der Waals surface area contributed by atoms with Crippen LogP contribution in [0.4, 0.5) is 23.1 Å². The molecule has 4 aliphatic heterocycles. The van der Waals surface area contributed by atoms with Crippen LogP contribution in [0.3, 0.4) is 0 Å². The molecule has 9 rings (SSSR count). The van der Waals surface area contributed by atoms with Gasteiger partial charge in [0.1, 0.15) is 10.7 Å². The van der Waals surface area contributed by atoms with Gasteiger partial charge in [-0.1, -0.05) is 23.7 Å². The van der Waals surface area contributed by atoms with E-state index in [-0.39, 0.29) is 41.7 Å². The highest BCUT2D eigenvalue weighted by Gasteiger charge is 2.45. The number of amides is 3. The van der Waals surface area contributed by atoms with Crippen LogP contribution < -0.4 is 36.0 Å². The van der Waals surface area contributed by atoms with Crippen molar-refractivity contribution in [2.24, 2.45) is 13.0 Å². The highest BCUT2D eigenvalue weighted by Crippen LogP contribution is 2.41. The normalized spacial score (nSPS) is 21.1. The number of pyridine rings is 2. The summed E-state index contributed by atoms with van der Waals surface area (Å²) in [6, 6.07) is 10.4. The van der Waals surface area contributed by atoms with Crippen LogP contribution in [0.25, 0.3) is 21.9 Å². The van der Waals surface area contributed by atoms with Gasteiger partial charge in [-0.05, 0) is 63.6 Å². The first-order valence-corrected chi connectivity index (χ1v) is 21.1. The molecule has 17 nitrogen and oxygen atoms in total. The lowest BCUT2D eigenvalue weighted by Gasteiger charge is -2.39. The van der Waals surface area contributed by atoms with Crippen LogP contribution >= 0.6 is 11.6 Å². The number of hydrogen-bond acceptors (Lipinski definition) is 13. The minimum Gasteiger partial charge on any atom is -0.478 e. The molecule has 3 atom stereocenters. The molecule has 314 valence electrons. The summed E-state index contributed by atoms with van der Waals surface area (Å²) in [5, 5.41) is 15.1. The Labute approximate surface area is 351 Å². The van der Waals surface area contributed by atoms with E-state index in [0.29, 0.717) is 64.4 Å². The molecule has 3 amide bonds. The van der Waals surface area contributed by atoms with E-state index in [0.717, 1.165) is 74.3 Å². The number of imide groups is 1. The van der Waals surface area contributed by atoms with E-state index in [1.807, 2.05) is 37.7 Å². The molecule has 8 heterocycles. The molecule has 0 saturated carbocycles. The van der Waals surface area contributed by atoms with E-state index in [1.165, 1.54) is 7.05 Å². The topological polar surface area (TPSA) is 185 Å². The van der Waals surface area contributed by atoms with Crippen LogP contribution in [0.1, 0.15) is 63.6 Å². The number of piperazine rings is 1. The number of rotatable bonds is 11. The van der Waals surface area contributed by atoms with Crippen molar-refractivity contribution < 1.29 is 19.1 Å². The van der Waals surface area contributed by atoms with Crippen molar-refractivity contribution in [3.63, 3.8) is 0 Å². The molecule has 60 heavy (non-hydrogen) atoms. The summed E-state index contributed by atoms with van der Waals surface area (Å²) in [6.07, 6.45) is 7.23. The van der Waals surface area contributed by atoms with E-state index in [2.05, 4.69) is 52.8 Å². The fourth-order valence-electron chi connectivity index (χ4n) is 9.50. The van der Waals surface area contributed by atoms with Gasteiger partial charge < -0.3 is 25.2 Å².